The number of methoxy groups -OCH3 is 1. The first-order chi connectivity index (χ1) is 12.8. The Hall–Kier alpha value is -2.32. The van der Waals surface area contributed by atoms with Crippen LogP contribution in [0.3, 0.4) is 0 Å². The van der Waals surface area contributed by atoms with Gasteiger partial charge in [-0.25, -0.2) is 0 Å². The number of hydrogen-bond donors (Lipinski definition) is 1. The van der Waals surface area contributed by atoms with E-state index < -0.39 is 0 Å². The summed E-state index contributed by atoms with van der Waals surface area (Å²) in [5.74, 6) is 0.927. The minimum absolute atomic E-state index is 0.238. The molecule has 1 aromatic heterocycles. The van der Waals surface area contributed by atoms with E-state index >= 15 is 0 Å². The number of rotatable bonds is 3. The van der Waals surface area contributed by atoms with Gasteiger partial charge in [-0.1, -0.05) is 32.9 Å². The van der Waals surface area contributed by atoms with Crippen LogP contribution in [0.25, 0.3) is 0 Å². The third kappa shape index (κ3) is 3.72. The lowest BCUT2D eigenvalue weighted by Gasteiger charge is -2.33. The van der Waals surface area contributed by atoms with Crippen molar-refractivity contribution in [2.75, 3.05) is 12.4 Å². The zero-order valence-electron chi connectivity index (χ0n) is 16.6. The summed E-state index contributed by atoms with van der Waals surface area (Å²) in [5.41, 5.74) is 3.38. The Morgan fingerprint density at radius 3 is 2.74 bits per heavy atom. The van der Waals surface area contributed by atoms with Crippen molar-refractivity contribution >= 4 is 22.2 Å². The molecule has 0 saturated carbocycles. The van der Waals surface area contributed by atoms with E-state index in [1.807, 2.05) is 19.1 Å². The number of carbonyl (C=O) groups excluding carboxylic acids is 1. The maximum absolute atomic E-state index is 12.9. The number of nitriles is 1. The summed E-state index contributed by atoms with van der Waals surface area (Å²) in [7, 11) is 1.57. The molecule has 1 amide bonds. The number of nitrogens with zero attached hydrogens (tertiary/aromatic N) is 1. The average Bonchev–Trinajstić information content (AvgIpc) is 2.96. The summed E-state index contributed by atoms with van der Waals surface area (Å²) in [5, 5.41) is 13.3. The van der Waals surface area contributed by atoms with E-state index in [4.69, 9.17) is 4.74 Å². The van der Waals surface area contributed by atoms with Crippen LogP contribution in [0.15, 0.2) is 18.2 Å². The Morgan fingerprint density at radius 2 is 2.11 bits per heavy atom. The van der Waals surface area contributed by atoms with Crippen LogP contribution in [0.1, 0.15) is 59.1 Å². The molecule has 142 valence electrons. The van der Waals surface area contributed by atoms with Crippen molar-refractivity contribution in [2.24, 2.45) is 11.3 Å². The molecule has 0 spiro atoms. The van der Waals surface area contributed by atoms with Crippen LogP contribution < -0.4 is 10.1 Å². The average molecular weight is 383 g/mol. The monoisotopic (exact) mass is 382 g/mol. The summed E-state index contributed by atoms with van der Waals surface area (Å²) in [6, 6.07) is 7.81. The Morgan fingerprint density at radius 1 is 1.37 bits per heavy atom. The smallest absolute Gasteiger partial charge is 0.260 e. The van der Waals surface area contributed by atoms with Crippen molar-refractivity contribution in [1.29, 1.82) is 5.26 Å². The Bertz CT molecular complexity index is 916. The molecule has 1 unspecified atom stereocenters. The molecular weight excluding hydrogens is 356 g/mol. The summed E-state index contributed by atoms with van der Waals surface area (Å²) >= 11 is 1.55. The predicted molar refractivity (Wildman–Crippen MR) is 110 cm³/mol. The highest BCUT2D eigenvalue weighted by molar-refractivity contribution is 7.16. The number of nitrogens with one attached hydrogen (secondary N) is 1. The predicted octanol–water partition coefficient (Wildman–Crippen LogP) is 5.34. The first-order valence-electron chi connectivity index (χ1n) is 9.25. The lowest BCUT2D eigenvalue weighted by Crippen LogP contribution is -2.26. The molecule has 1 aliphatic rings. The number of thiophene rings is 1. The van der Waals surface area contributed by atoms with Gasteiger partial charge in [-0.05, 0) is 54.7 Å². The molecule has 0 saturated heterocycles. The number of anilines is 1. The van der Waals surface area contributed by atoms with Crippen molar-refractivity contribution in [2.45, 2.75) is 47.0 Å². The van der Waals surface area contributed by atoms with Crippen LogP contribution in [-0.2, 0) is 12.8 Å². The van der Waals surface area contributed by atoms with Crippen molar-refractivity contribution in [3.05, 3.63) is 45.3 Å². The molecule has 5 heteroatoms. The molecule has 3 rings (SSSR count). The highest BCUT2D eigenvalue weighted by atomic mass is 32.1. The molecule has 1 heterocycles. The molecular formula is C22H26N2O2S. The van der Waals surface area contributed by atoms with E-state index in [1.54, 1.807) is 24.5 Å². The molecule has 0 radical (unpaired) electrons. The van der Waals surface area contributed by atoms with Gasteiger partial charge in [0.2, 0.25) is 0 Å². The number of hydrogen-bond acceptors (Lipinski definition) is 4. The fourth-order valence-corrected chi connectivity index (χ4v) is 5.08. The lowest BCUT2D eigenvalue weighted by atomic mass is 9.72. The van der Waals surface area contributed by atoms with Crippen LogP contribution in [-0.4, -0.2) is 13.0 Å². The molecule has 27 heavy (non-hydrogen) atoms. The van der Waals surface area contributed by atoms with E-state index in [2.05, 4.69) is 32.2 Å². The van der Waals surface area contributed by atoms with Crippen LogP contribution in [0, 0.1) is 29.6 Å². The third-order valence-electron chi connectivity index (χ3n) is 5.49. The molecule has 0 aliphatic heterocycles. The quantitative estimate of drug-likeness (QED) is 0.779. The zero-order valence-corrected chi connectivity index (χ0v) is 17.4. The molecule has 1 atom stereocenters. The maximum atomic E-state index is 12.9. The Labute approximate surface area is 165 Å². The van der Waals surface area contributed by atoms with E-state index in [0.29, 0.717) is 27.8 Å². The van der Waals surface area contributed by atoms with Gasteiger partial charge in [-0.15, -0.1) is 11.3 Å². The van der Waals surface area contributed by atoms with Gasteiger partial charge in [-0.2, -0.15) is 5.26 Å². The van der Waals surface area contributed by atoms with Crippen molar-refractivity contribution in [3.8, 4) is 11.8 Å². The van der Waals surface area contributed by atoms with E-state index in [-0.39, 0.29) is 11.3 Å². The van der Waals surface area contributed by atoms with Gasteiger partial charge in [-0.3, -0.25) is 4.79 Å². The fourth-order valence-electron chi connectivity index (χ4n) is 3.80. The number of para-hydroxylation sites is 1. The highest BCUT2D eigenvalue weighted by Gasteiger charge is 2.32. The highest BCUT2D eigenvalue weighted by Crippen LogP contribution is 2.44. The SMILES string of the molecule is COc1c(C)cccc1C(=O)Nc1sc2c(c1C#N)CCC(C(C)(C)C)C2. The van der Waals surface area contributed by atoms with Crippen molar-refractivity contribution in [3.63, 3.8) is 0 Å². The van der Waals surface area contributed by atoms with Crippen LogP contribution >= 0.6 is 11.3 Å². The molecule has 0 fully saturated rings. The van der Waals surface area contributed by atoms with Gasteiger partial charge in [0.1, 0.15) is 16.8 Å². The van der Waals surface area contributed by atoms with Gasteiger partial charge in [0.15, 0.2) is 0 Å². The van der Waals surface area contributed by atoms with E-state index in [1.165, 1.54) is 4.88 Å². The summed E-state index contributed by atoms with van der Waals surface area (Å²) in [6.45, 7) is 8.73. The summed E-state index contributed by atoms with van der Waals surface area (Å²) < 4.78 is 5.40. The van der Waals surface area contributed by atoms with Crippen molar-refractivity contribution in [1.82, 2.24) is 0 Å². The Kier molecular flexibility index (Phi) is 5.30. The van der Waals surface area contributed by atoms with Crippen LogP contribution in [0.5, 0.6) is 5.75 Å². The van der Waals surface area contributed by atoms with Gasteiger partial charge in [0.25, 0.3) is 5.91 Å². The van der Waals surface area contributed by atoms with Crippen molar-refractivity contribution < 1.29 is 9.53 Å². The van der Waals surface area contributed by atoms with E-state index in [9.17, 15) is 10.1 Å². The minimum atomic E-state index is -0.238. The summed E-state index contributed by atoms with van der Waals surface area (Å²) in [6.07, 6.45) is 2.96. The third-order valence-corrected chi connectivity index (χ3v) is 6.66. The minimum Gasteiger partial charge on any atom is -0.496 e. The molecule has 1 aromatic carbocycles. The number of amides is 1. The largest absolute Gasteiger partial charge is 0.496 e. The van der Waals surface area contributed by atoms with Gasteiger partial charge in [0, 0.05) is 4.88 Å². The normalized spacial score (nSPS) is 16.4. The topological polar surface area (TPSA) is 62.1 Å². The number of benzene rings is 1. The van der Waals surface area contributed by atoms with Gasteiger partial charge < -0.3 is 10.1 Å². The van der Waals surface area contributed by atoms with Gasteiger partial charge >= 0.3 is 0 Å². The summed E-state index contributed by atoms with van der Waals surface area (Å²) in [4.78, 5) is 14.1. The van der Waals surface area contributed by atoms with Gasteiger partial charge in [0.05, 0.1) is 18.2 Å². The second-order valence-electron chi connectivity index (χ2n) is 8.24. The molecule has 1 aliphatic carbocycles. The zero-order chi connectivity index (χ0) is 19.8. The second kappa shape index (κ2) is 7.36. The first-order valence-corrected chi connectivity index (χ1v) is 10.1. The number of ether oxygens (including phenoxy) is 1. The van der Waals surface area contributed by atoms with Crippen LogP contribution in [0.4, 0.5) is 5.00 Å². The Balaban J connectivity index is 1.91. The number of aryl methyl sites for hydroxylation is 1. The second-order valence-corrected chi connectivity index (χ2v) is 9.34. The van der Waals surface area contributed by atoms with E-state index in [0.717, 1.165) is 30.4 Å². The molecule has 1 N–H and O–H groups in total. The number of fused-ring (bicyclic) bond motifs is 1. The van der Waals surface area contributed by atoms with Crippen LogP contribution in [0.2, 0.25) is 0 Å². The number of carbonyl (C=O) groups is 1. The first kappa shape index (κ1) is 19.4. The molecule has 2 aromatic rings. The molecule has 0 bridgehead atoms. The standard InChI is InChI=1S/C22H26N2O2S/c1-13-7-6-8-16(19(13)26-5)20(25)24-21-17(12-23)15-10-9-14(22(2,3)4)11-18(15)27-21/h6-8,14H,9-11H2,1-5H3,(H,24,25). The lowest BCUT2D eigenvalue weighted by molar-refractivity contribution is 0.102. The maximum Gasteiger partial charge on any atom is 0.260 e. The molecule has 4 nitrogen and oxygen atoms in total. The fraction of sp³-hybridized carbons (Fsp3) is 0.455.